The van der Waals surface area contributed by atoms with E-state index < -0.39 is 11.7 Å². The number of anilines is 2. The van der Waals surface area contributed by atoms with Crippen molar-refractivity contribution in [1.29, 1.82) is 0 Å². The van der Waals surface area contributed by atoms with Crippen LogP contribution in [0.4, 0.5) is 24.8 Å². The predicted octanol–water partition coefficient (Wildman–Crippen LogP) is 3.29. The first-order valence-electron chi connectivity index (χ1n) is 5.58. The van der Waals surface area contributed by atoms with Crippen molar-refractivity contribution in [3.63, 3.8) is 0 Å². The molecular weight excluding hydrogens is 255 g/mol. The Balaban J connectivity index is 2.08. The van der Waals surface area contributed by atoms with E-state index in [-0.39, 0.29) is 6.54 Å². The first-order valence-corrected chi connectivity index (χ1v) is 5.58. The van der Waals surface area contributed by atoms with Crippen LogP contribution in [0.3, 0.4) is 0 Å². The van der Waals surface area contributed by atoms with Gasteiger partial charge in [0.25, 0.3) is 0 Å². The summed E-state index contributed by atoms with van der Waals surface area (Å²) in [5.74, 6) is 0.881. The van der Waals surface area contributed by atoms with E-state index in [0.717, 1.165) is 12.1 Å². The number of nitrogens with zero attached hydrogens (tertiary/aromatic N) is 1. The summed E-state index contributed by atoms with van der Waals surface area (Å²) in [4.78, 5) is 4.00. The number of alkyl halides is 3. The number of nitrogens with two attached hydrogens (primary N) is 1. The molecule has 1 aromatic heterocycles. The summed E-state index contributed by atoms with van der Waals surface area (Å²) in [7, 11) is 0. The number of hydrogen-bond donors (Lipinski definition) is 2. The quantitative estimate of drug-likeness (QED) is 0.897. The highest BCUT2D eigenvalue weighted by Crippen LogP contribution is 2.29. The van der Waals surface area contributed by atoms with Crippen molar-refractivity contribution < 1.29 is 13.2 Å². The fourth-order valence-electron chi connectivity index (χ4n) is 1.60. The number of pyridine rings is 1. The highest BCUT2D eigenvalue weighted by molar-refractivity contribution is 5.43. The summed E-state index contributed by atoms with van der Waals surface area (Å²) in [6, 6.07) is 10.2. The van der Waals surface area contributed by atoms with Crippen LogP contribution < -0.4 is 11.1 Å². The van der Waals surface area contributed by atoms with E-state index in [9.17, 15) is 13.2 Å². The lowest BCUT2D eigenvalue weighted by Gasteiger charge is -2.10. The van der Waals surface area contributed by atoms with Gasteiger partial charge in [0.2, 0.25) is 0 Å². The Bertz CT molecular complexity index is 567. The molecule has 0 aliphatic rings. The molecule has 0 aliphatic carbocycles. The van der Waals surface area contributed by atoms with Crippen molar-refractivity contribution in [3.05, 3.63) is 53.6 Å². The topological polar surface area (TPSA) is 50.9 Å². The number of rotatable bonds is 3. The van der Waals surface area contributed by atoms with Crippen LogP contribution in [0.5, 0.6) is 0 Å². The minimum absolute atomic E-state index is 0.250. The van der Waals surface area contributed by atoms with Gasteiger partial charge < -0.3 is 11.1 Å². The Morgan fingerprint density at radius 1 is 1.11 bits per heavy atom. The van der Waals surface area contributed by atoms with Gasteiger partial charge in [0.15, 0.2) is 0 Å². The molecule has 6 heteroatoms. The van der Waals surface area contributed by atoms with E-state index in [1.165, 1.54) is 6.07 Å². The Morgan fingerprint density at radius 3 is 2.53 bits per heavy atom. The van der Waals surface area contributed by atoms with Crippen molar-refractivity contribution in [1.82, 2.24) is 4.98 Å². The molecule has 2 aromatic rings. The Hall–Kier alpha value is -2.24. The molecule has 0 saturated carbocycles. The molecule has 100 valence electrons. The number of halogens is 3. The highest BCUT2D eigenvalue weighted by atomic mass is 19.4. The molecule has 0 atom stereocenters. The summed E-state index contributed by atoms with van der Waals surface area (Å²) in [6.45, 7) is 0.250. The van der Waals surface area contributed by atoms with Crippen molar-refractivity contribution in [3.8, 4) is 0 Å². The van der Waals surface area contributed by atoms with E-state index in [0.29, 0.717) is 17.2 Å². The maximum Gasteiger partial charge on any atom is 0.416 e. The van der Waals surface area contributed by atoms with Crippen LogP contribution >= 0.6 is 0 Å². The van der Waals surface area contributed by atoms with Crippen LogP contribution in [-0.4, -0.2) is 4.98 Å². The zero-order valence-electron chi connectivity index (χ0n) is 9.91. The second kappa shape index (κ2) is 5.17. The Morgan fingerprint density at radius 2 is 1.84 bits per heavy atom. The van der Waals surface area contributed by atoms with Crippen LogP contribution in [-0.2, 0) is 12.7 Å². The maximum absolute atomic E-state index is 12.5. The van der Waals surface area contributed by atoms with Crippen LogP contribution in [0.1, 0.15) is 11.1 Å². The first kappa shape index (κ1) is 13.2. The second-order valence-corrected chi connectivity index (χ2v) is 4.00. The fourth-order valence-corrected chi connectivity index (χ4v) is 1.60. The van der Waals surface area contributed by atoms with Gasteiger partial charge >= 0.3 is 6.18 Å². The van der Waals surface area contributed by atoms with E-state index in [2.05, 4.69) is 10.3 Å². The summed E-state index contributed by atoms with van der Waals surface area (Å²) in [5, 5.41) is 2.92. The van der Waals surface area contributed by atoms with Gasteiger partial charge in [0.05, 0.1) is 5.56 Å². The lowest BCUT2D eigenvalue weighted by Crippen LogP contribution is -2.07. The van der Waals surface area contributed by atoms with Crippen LogP contribution in [0.25, 0.3) is 0 Å². The first-order chi connectivity index (χ1) is 8.95. The fraction of sp³-hybridized carbons (Fsp3) is 0.154. The molecule has 3 nitrogen and oxygen atoms in total. The van der Waals surface area contributed by atoms with Crippen molar-refractivity contribution in [2.45, 2.75) is 12.7 Å². The molecule has 0 spiro atoms. The van der Waals surface area contributed by atoms with Gasteiger partial charge in [0, 0.05) is 6.54 Å². The molecule has 1 aromatic carbocycles. The summed E-state index contributed by atoms with van der Waals surface area (Å²) in [6.07, 6.45) is -4.33. The summed E-state index contributed by atoms with van der Waals surface area (Å²) >= 11 is 0. The predicted molar refractivity (Wildman–Crippen MR) is 67.4 cm³/mol. The molecule has 0 fully saturated rings. The third-order valence-electron chi connectivity index (χ3n) is 2.50. The third kappa shape index (κ3) is 3.61. The van der Waals surface area contributed by atoms with Gasteiger partial charge in [-0.05, 0) is 29.8 Å². The molecule has 0 unspecified atom stereocenters. The van der Waals surface area contributed by atoms with E-state index >= 15 is 0 Å². The lowest BCUT2D eigenvalue weighted by molar-refractivity contribution is -0.137. The molecule has 2 rings (SSSR count). The van der Waals surface area contributed by atoms with Crippen LogP contribution in [0, 0.1) is 0 Å². The third-order valence-corrected chi connectivity index (χ3v) is 2.50. The minimum Gasteiger partial charge on any atom is -0.384 e. The number of nitrogens with one attached hydrogen (secondary N) is 1. The summed E-state index contributed by atoms with van der Waals surface area (Å²) < 4.78 is 37.6. The number of benzene rings is 1. The second-order valence-electron chi connectivity index (χ2n) is 4.00. The Kier molecular flexibility index (Phi) is 3.59. The van der Waals surface area contributed by atoms with Gasteiger partial charge in [-0.25, -0.2) is 4.98 Å². The normalized spacial score (nSPS) is 11.3. The van der Waals surface area contributed by atoms with Gasteiger partial charge in [-0.3, -0.25) is 0 Å². The molecule has 1 heterocycles. The number of nitrogen functional groups attached to an aromatic ring is 1. The van der Waals surface area contributed by atoms with Gasteiger partial charge in [-0.1, -0.05) is 18.2 Å². The average Bonchev–Trinajstić information content (AvgIpc) is 2.36. The smallest absolute Gasteiger partial charge is 0.384 e. The van der Waals surface area contributed by atoms with E-state index in [4.69, 9.17) is 5.73 Å². The van der Waals surface area contributed by atoms with Crippen molar-refractivity contribution in [2.24, 2.45) is 0 Å². The standard InChI is InChI=1S/C13H12F3N3/c14-13(15,16)10-4-1-3-9(7-10)8-18-12-6-2-5-11(17)19-12/h1-7H,8H2,(H3,17,18,19). The number of hydrogen-bond acceptors (Lipinski definition) is 3. The van der Waals surface area contributed by atoms with Gasteiger partial charge in [-0.15, -0.1) is 0 Å². The van der Waals surface area contributed by atoms with Gasteiger partial charge in [0.1, 0.15) is 11.6 Å². The monoisotopic (exact) mass is 267 g/mol. The minimum atomic E-state index is -4.33. The van der Waals surface area contributed by atoms with Crippen LogP contribution in [0.2, 0.25) is 0 Å². The molecule has 0 aliphatic heterocycles. The number of aromatic nitrogens is 1. The average molecular weight is 267 g/mol. The molecule has 0 radical (unpaired) electrons. The largest absolute Gasteiger partial charge is 0.416 e. The molecule has 0 bridgehead atoms. The molecule has 3 N–H and O–H groups in total. The van der Waals surface area contributed by atoms with Crippen molar-refractivity contribution >= 4 is 11.6 Å². The van der Waals surface area contributed by atoms with Crippen molar-refractivity contribution in [2.75, 3.05) is 11.1 Å². The molecule has 19 heavy (non-hydrogen) atoms. The zero-order chi connectivity index (χ0) is 13.9. The van der Waals surface area contributed by atoms with Crippen LogP contribution in [0.15, 0.2) is 42.5 Å². The lowest BCUT2D eigenvalue weighted by atomic mass is 10.1. The Labute approximate surface area is 108 Å². The molecule has 0 amide bonds. The maximum atomic E-state index is 12.5. The summed E-state index contributed by atoms with van der Waals surface area (Å²) in [5.41, 5.74) is 5.38. The molecule has 0 saturated heterocycles. The molecular formula is C13H12F3N3. The zero-order valence-corrected chi connectivity index (χ0v) is 9.91. The SMILES string of the molecule is Nc1cccc(NCc2cccc(C(F)(F)F)c2)n1. The van der Waals surface area contributed by atoms with E-state index in [1.807, 2.05) is 0 Å². The van der Waals surface area contributed by atoms with E-state index in [1.54, 1.807) is 24.3 Å². The highest BCUT2D eigenvalue weighted by Gasteiger charge is 2.30. The van der Waals surface area contributed by atoms with Gasteiger partial charge in [-0.2, -0.15) is 13.2 Å².